The monoisotopic (exact) mass is 227 g/mol. The van der Waals surface area contributed by atoms with E-state index in [0.29, 0.717) is 0 Å². The largest absolute Gasteiger partial charge is 0.261 e. The van der Waals surface area contributed by atoms with Crippen LogP contribution in [0.2, 0.25) is 0 Å². The summed E-state index contributed by atoms with van der Waals surface area (Å²) in [4.78, 5) is 4.40. The maximum Gasteiger partial charge on any atom is 0.214 e. The lowest BCUT2D eigenvalue weighted by Gasteiger charge is -2.07. The molecular formula is C15H19N2+. The average molecular weight is 227 g/mol. The third kappa shape index (κ3) is 2.21. The van der Waals surface area contributed by atoms with Crippen LogP contribution in [-0.2, 0) is 7.05 Å². The first-order valence-electron chi connectivity index (χ1n) is 5.89. The number of aromatic nitrogens is 2. The third-order valence-corrected chi connectivity index (χ3v) is 3.27. The second-order valence-electron chi connectivity index (χ2n) is 4.78. The molecule has 2 aromatic rings. The van der Waals surface area contributed by atoms with Crippen LogP contribution in [0.5, 0.6) is 0 Å². The van der Waals surface area contributed by atoms with Gasteiger partial charge in [-0.15, -0.1) is 0 Å². The van der Waals surface area contributed by atoms with E-state index in [1.807, 2.05) is 13.1 Å². The van der Waals surface area contributed by atoms with Crippen LogP contribution in [0.3, 0.4) is 0 Å². The molecule has 2 heteroatoms. The van der Waals surface area contributed by atoms with Crippen molar-refractivity contribution in [3.8, 4) is 11.3 Å². The molecule has 2 aromatic heterocycles. The summed E-state index contributed by atoms with van der Waals surface area (Å²) in [5.41, 5.74) is 7.40. The number of hydrogen-bond acceptors (Lipinski definition) is 1. The van der Waals surface area contributed by atoms with Crippen molar-refractivity contribution >= 4 is 0 Å². The van der Waals surface area contributed by atoms with E-state index < -0.39 is 0 Å². The van der Waals surface area contributed by atoms with Gasteiger partial charge in [0.1, 0.15) is 7.05 Å². The maximum atomic E-state index is 4.40. The van der Waals surface area contributed by atoms with Gasteiger partial charge in [-0.3, -0.25) is 4.98 Å². The molecule has 0 radical (unpaired) electrons. The molecule has 0 N–H and O–H groups in total. The fraction of sp³-hybridized carbons (Fsp3) is 0.333. The molecule has 0 saturated heterocycles. The lowest BCUT2D eigenvalue weighted by molar-refractivity contribution is -0.660. The highest BCUT2D eigenvalue weighted by Gasteiger charge is 2.14. The smallest absolute Gasteiger partial charge is 0.214 e. The fourth-order valence-electron chi connectivity index (χ4n) is 2.11. The third-order valence-electron chi connectivity index (χ3n) is 3.27. The molecule has 0 unspecified atom stereocenters. The summed E-state index contributed by atoms with van der Waals surface area (Å²) >= 11 is 0. The van der Waals surface area contributed by atoms with Gasteiger partial charge in [0.25, 0.3) is 0 Å². The van der Waals surface area contributed by atoms with Gasteiger partial charge < -0.3 is 0 Å². The molecule has 0 aliphatic rings. The molecule has 2 rings (SSSR count). The van der Waals surface area contributed by atoms with Crippen LogP contribution in [0, 0.1) is 27.7 Å². The van der Waals surface area contributed by atoms with Gasteiger partial charge in [0, 0.05) is 23.5 Å². The van der Waals surface area contributed by atoms with E-state index in [0.717, 1.165) is 5.69 Å². The Morgan fingerprint density at radius 1 is 0.941 bits per heavy atom. The van der Waals surface area contributed by atoms with Gasteiger partial charge in [-0.05, 0) is 44.9 Å². The number of hydrogen-bond donors (Lipinski definition) is 0. The zero-order chi connectivity index (χ0) is 12.6. The molecule has 0 aliphatic heterocycles. The highest BCUT2D eigenvalue weighted by atomic mass is 14.9. The van der Waals surface area contributed by atoms with Gasteiger partial charge in [0.2, 0.25) is 5.69 Å². The van der Waals surface area contributed by atoms with Crippen molar-refractivity contribution < 1.29 is 4.57 Å². The summed E-state index contributed by atoms with van der Waals surface area (Å²) < 4.78 is 2.17. The molecule has 0 atom stereocenters. The van der Waals surface area contributed by atoms with Gasteiger partial charge in [0.15, 0.2) is 6.20 Å². The van der Waals surface area contributed by atoms with Crippen molar-refractivity contribution in [3.05, 3.63) is 46.9 Å². The Labute approximate surface area is 103 Å². The number of rotatable bonds is 1. The zero-order valence-corrected chi connectivity index (χ0v) is 11.2. The first kappa shape index (κ1) is 11.8. The van der Waals surface area contributed by atoms with E-state index in [-0.39, 0.29) is 0 Å². The number of nitrogens with zero attached hydrogens (tertiary/aromatic N) is 2. The summed E-state index contributed by atoms with van der Waals surface area (Å²) in [7, 11) is 2.08. The van der Waals surface area contributed by atoms with Crippen LogP contribution in [0.1, 0.15) is 22.4 Å². The van der Waals surface area contributed by atoms with Crippen LogP contribution in [0.4, 0.5) is 0 Å². The molecule has 2 nitrogen and oxygen atoms in total. The highest BCUT2D eigenvalue weighted by Crippen LogP contribution is 2.21. The molecule has 0 bridgehead atoms. The van der Waals surface area contributed by atoms with Gasteiger partial charge in [0.05, 0.1) is 5.56 Å². The van der Waals surface area contributed by atoms with E-state index in [1.54, 1.807) is 0 Å². The molecule has 88 valence electrons. The van der Waals surface area contributed by atoms with Gasteiger partial charge in [-0.1, -0.05) is 0 Å². The van der Waals surface area contributed by atoms with Crippen molar-refractivity contribution in [1.82, 2.24) is 4.98 Å². The Bertz CT molecular complexity index is 571. The average Bonchev–Trinajstić information content (AvgIpc) is 2.24. The Balaban J connectivity index is 2.64. The predicted molar refractivity (Wildman–Crippen MR) is 69.8 cm³/mol. The van der Waals surface area contributed by atoms with E-state index in [4.69, 9.17) is 0 Å². The molecule has 0 spiro atoms. The molecule has 0 amide bonds. The van der Waals surface area contributed by atoms with Crippen LogP contribution >= 0.6 is 0 Å². The number of pyridine rings is 2. The Morgan fingerprint density at radius 3 is 2.29 bits per heavy atom. The molecule has 17 heavy (non-hydrogen) atoms. The molecule has 0 aromatic carbocycles. The minimum atomic E-state index is 1.07. The van der Waals surface area contributed by atoms with Crippen LogP contribution in [-0.4, -0.2) is 4.98 Å². The van der Waals surface area contributed by atoms with E-state index in [9.17, 15) is 0 Å². The topological polar surface area (TPSA) is 16.8 Å². The maximum absolute atomic E-state index is 4.40. The predicted octanol–water partition coefficient (Wildman–Crippen LogP) is 2.81. The fourth-order valence-corrected chi connectivity index (χ4v) is 2.11. The van der Waals surface area contributed by atoms with Crippen LogP contribution in [0.25, 0.3) is 11.3 Å². The van der Waals surface area contributed by atoms with Crippen molar-refractivity contribution in [2.45, 2.75) is 27.7 Å². The normalized spacial score (nSPS) is 10.6. The van der Waals surface area contributed by atoms with Gasteiger partial charge >= 0.3 is 0 Å². The summed E-state index contributed by atoms with van der Waals surface area (Å²) in [5.74, 6) is 0. The highest BCUT2D eigenvalue weighted by molar-refractivity contribution is 5.60. The standard InChI is InChI=1S/C15H19N2/c1-10-7-15(17(5)9-12(10)3)14-8-16-13(4)6-11(14)2/h6-9H,1-5H3/q+1. The van der Waals surface area contributed by atoms with Crippen LogP contribution < -0.4 is 4.57 Å². The van der Waals surface area contributed by atoms with Crippen LogP contribution in [0.15, 0.2) is 24.5 Å². The van der Waals surface area contributed by atoms with E-state index in [1.165, 1.54) is 27.9 Å². The molecule has 0 saturated carbocycles. The summed E-state index contributed by atoms with van der Waals surface area (Å²) in [6, 6.07) is 4.36. The van der Waals surface area contributed by atoms with Crippen molar-refractivity contribution in [3.63, 3.8) is 0 Å². The van der Waals surface area contributed by atoms with E-state index >= 15 is 0 Å². The second-order valence-corrected chi connectivity index (χ2v) is 4.78. The first-order chi connectivity index (χ1) is 7.99. The quantitative estimate of drug-likeness (QED) is 0.685. The number of aryl methyl sites for hydroxylation is 5. The lowest BCUT2D eigenvalue weighted by atomic mass is 10.0. The molecule has 0 aliphatic carbocycles. The zero-order valence-electron chi connectivity index (χ0n) is 11.2. The SMILES string of the molecule is Cc1cc(C)c(-c2cc(C)c(C)c[n+]2C)cn1. The second kappa shape index (κ2) is 4.28. The Hall–Kier alpha value is -1.70. The van der Waals surface area contributed by atoms with Gasteiger partial charge in [-0.25, -0.2) is 4.57 Å². The van der Waals surface area contributed by atoms with Crippen molar-refractivity contribution in [2.24, 2.45) is 7.05 Å². The van der Waals surface area contributed by atoms with E-state index in [2.05, 4.69) is 55.7 Å². The minimum absolute atomic E-state index is 1.07. The molecular weight excluding hydrogens is 208 g/mol. The summed E-state index contributed by atoms with van der Waals surface area (Å²) in [6.07, 6.45) is 4.14. The summed E-state index contributed by atoms with van der Waals surface area (Å²) in [6.45, 7) is 8.45. The molecule has 2 heterocycles. The van der Waals surface area contributed by atoms with Crippen molar-refractivity contribution in [1.29, 1.82) is 0 Å². The van der Waals surface area contributed by atoms with Gasteiger partial charge in [-0.2, -0.15) is 0 Å². The Morgan fingerprint density at radius 2 is 1.65 bits per heavy atom. The van der Waals surface area contributed by atoms with Crippen molar-refractivity contribution in [2.75, 3.05) is 0 Å². The summed E-state index contributed by atoms with van der Waals surface area (Å²) in [5, 5.41) is 0. The Kier molecular flexibility index (Phi) is 2.97. The lowest BCUT2D eigenvalue weighted by Crippen LogP contribution is -2.31. The first-order valence-corrected chi connectivity index (χ1v) is 5.89. The minimum Gasteiger partial charge on any atom is -0.261 e. The molecule has 0 fully saturated rings.